The van der Waals surface area contributed by atoms with Crippen molar-refractivity contribution in [1.82, 2.24) is 14.8 Å². The molecule has 24 heavy (non-hydrogen) atoms. The molecule has 1 fully saturated rings. The first-order valence-electron chi connectivity index (χ1n) is 8.18. The van der Waals surface area contributed by atoms with Crippen LogP contribution in [0.25, 0.3) is 10.8 Å². The largest absolute Gasteiger partial charge is 0.336 e. The topological polar surface area (TPSA) is 36.4 Å². The van der Waals surface area contributed by atoms with Crippen LogP contribution >= 0.6 is 11.3 Å². The molecular weight excluding hydrogens is 318 g/mol. The molecule has 0 bridgehead atoms. The van der Waals surface area contributed by atoms with Gasteiger partial charge in [0.2, 0.25) is 0 Å². The first kappa shape index (κ1) is 15.3. The zero-order valence-electron chi connectivity index (χ0n) is 13.4. The summed E-state index contributed by atoms with van der Waals surface area (Å²) in [6.45, 7) is 4.21. The molecule has 1 aromatic heterocycles. The van der Waals surface area contributed by atoms with Crippen molar-refractivity contribution in [3.05, 3.63) is 64.6 Å². The number of fused-ring (bicyclic) bond motifs is 1. The fourth-order valence-corrected chi connectivity index (χ4v) is 3.79. The quantitative estimate of drug-likeness (QED) is 0.736. The van der Waals surface area contributed by atoms with Gasteiger partial charge in [0.25, 0.3) is 5.91 Å². The number of nitrogens with zero attached hydrogens (tertiary/aromatic N) is 3. The lowest BCUT2D eigenvalue weighted by Gasteiger charge is -2.34. The smallest absolute Gasteiger partial charge is 0.254 e. The maximum Gasteiger partial charge on any atom is 0.254 e. The SMILES string of the molecule is O=C(c1cccc2ccccc12)N1CCN(Cc2cscn2)CC1. The number of carbonyl (C=O) groups excluding carboxylic acids is 1. The van der Waals surface area contributed by atoms with Crippen LogP contribution < -0.4 is 0 Å². The first-order chi connectivity index (χ1) is 11.8. The second-order valence-electron chi connectivity index (χ2n) is 6.07. The molecule has 1 saturated heterocycles. The van der Waals surface area contributed by atoms with E-state index in [0.29, 0.717) is 0 Å². The van der Waals surface area contributed by atoms with Gasteiger partial charge in [-0.05, 0) is 16.8 Å². The second-order valence-corrected chi connectivity index (χ2v) is 6.79. The molecule has 0 unspecified atom stereocenters. The number of hydrogen-bond donors (Lipinski definition) is 0. The molecule has 122 valence electrons. The number of aromatic nitrogens is 1. The maximum atomic E-state index is 12.9. The Morgan fingerprint density at radius 1 is 1.04 bits per heavy atom. The summed E-state index contributed by atoms with van der Waals surface area (Å²) in [6, 6.07) is 14.0. The van der Waals surface area contributed by atoms with E-state index in [9.17, 15) is 4.79 Å². The lowest BCUT2D eigenvalue weighted by Crippen LogP contribution is -2.48. The zero-order valence-corrected chi connectivity index (χ0v) is 14.2. The molecule has 0 spiro atoms. The van der Waals surface area contributed by atoms with Crippen LogP contribution in [-0.2, 0) is 6.54 Å². The summed E-state index contributed by atoms with van der Waals surface area (Å²) in [7, 11) is 0. The van der Waals surface area contributed by atoms with E-state index in [1.807, 2.05) is 40.7 Å². The molecule has 0 aliphatic carbocycles. The molecule has 0 atom stereocenters. The van der Waals surface area contributed by atoms with Gasteiger partial charge in [-0.3, -0.25) is 9.69 Å². The lowest BCUT2D eigenvalue weighted by molar-refractivity contribution is 0.0629. The summed E-state index contributed by atoms with van der Waals surface area (Å²) in [6.07, 6.45) is 0. The Hall–Kier alpha value is -2.24. The summed E-state index contributed by atoms with van der Waals surface area (Å²) in [5.41, 5.74) is 3.80. The van der Waals surface area contributed by atoms with Gasteiger partial charge >= 0.3 is 0 Å². The van der Waals surface area contributed by atoms with E-state index in [4.69, 9.17) is 0 Å². The number of thiazole rings is 1. The van der Waals surface area contributed by atoms with Gasteiger partial charge in [-0.25, -0.2) is 4.98 Å². The number of carbonyl (C=O) groups is 1. The fraction of sp³-hybridized carbons (Fsp3) is 0.263. The highest BCUT2D eigenvalue weighted by atomic mass is 32.1. The summed E-state index contributed by atoms with van der Waals surface area (Å²) >= 11 is 1.63. The highest BCUT2D eigenvalue weighted by Gasteiger charge is 2.23. The van der Waals surface area contributed by atoms with Crippen molar-refractivity contribution >= 4 is 28.0 Å². The monoisotopic (exact) mass is 337 g/mol. The standard InChI is InChI=1S/C19H19N3OS/c23-19(18-7-3-5-15-4-1-2-6-17(15)18)22-10-8-21(9-11-22)12-16-13-24-14-20-16/h1-7,13-14H,8-12H2. The Kier molecular flexibility index (Phi) is 4.28. The normalized spacial score (nSPS) is 15.8. The van der Waals surface area contributed by atoms with Gasteiger partial charge in [0.1, 0.15) is 0 Å². The minimum absolute atomic E-state index is 0.139. The van der Waals surface area contributed by atoms with E-state index in [-0.39, 0.29) is 5.91 Å². The van der Waals surface area contributed by atoms with Crippen molar-refractivity contribution in [3.8, 4) is 0 Å². The number of benzene rings is 2. The molecule has 1 aliphatic rings. The van der Waals surface area contributed by atoms with Crippen LogP contribution in [0, 0.1) is 0 Å². The third kappa shape index (κ3) is 3.05. The van der Waals surface area contributed by atoms with Gasteiger partial charge in [0.05, 0.1) is 11.2 Å². The molecule has 3 aromatic rings. The molecule has 0 N–H and O–H groups in total. The maximum absolute atomic E-state index is 12.9. The van der Waals surface area contributed by atoms with Crippen LogP contribution in [0.4, 0.5) is 0 Å². The summed E-state index contributed by atoms with van der Waals surface area (Å²) in [5, 5.41) is 4.24. The van der Waals surface area contributed by atoms with Crippen molar-refractivity contribution in [2.75, 3.05) is 26.2 Å². The highest BCUT2D eigenvalue weighted by Crippen LogP contribution is 2.21. The van der Waals surface area contributed by atoms with Gasteiger partial charge < -0.3 is 4.90 Å². The Labute approximate surface area is 145 Å². The Balaban J connectivity index is 1.46. The van der Waals surface area contributed by atoms with E-state index in [0.717, 1.165) is 54.8 Å². The minimum atomic E-state index is 0.139. The molecule has 5 heteroatoms. The first-order valence-corrected chi connectivity index (χ1v) is 9.12. The molecule has 4 rings (SSSR count). The van der Waals surface area contributed by atoms with Crippen LogP contribution in [-0.4, -0.2) is 46.9 Å². The van der Waals surface area contributed by atoms with E-state index in [2.05, 4.69) is 27.4 Å². The molecule has 2 heterocycles. The summed E-state index contributed by atoms with van der Waals surface area (Å²) in [4.78, 5) is 21.6. The van der Waals surface area contributed by atoms with Crippen molar-refractivity contribution < 1.29 is 4.79 Å². The Morgan fingerprint density at radius 3 is 2.62 bits per heavy atom. The minimum Gasteiger partial charge on any atom is -0.336 e. The Bertz CT molecular complexity index is 833. The van der Waals surface area contributed by atoms with Crippen molar-refractivity contribution in [1.29, 1.82) is 0 Å². The molecule has 2 aromatic carbocycles. The highest BCUT2D eigenvalue weighted by molar-refractivity contribution is 7.07. The lowest BCUT2D eigenvalue weighted by atomic mass is 10.0. The van der Waals surface area contributed by atoms with Gasteiger partial charge in [-0.15, -0.1) is 11.3 Å². The summed E-state index contributed by atoms with van der Waals surface area (Å²) in [5.74, 6) is 0.139. The summed E-state index contributed by atoms with van der Waals surface area (Å²) < 4.78 is 0. The van der Waals surface area contributed by atoms with Gasteiger partial charge in [0, 0.05) is 43.7 Å². The van der Waals surface area contributed by atoms with Gasteiger partial charge in [0.15, 0.2) is 0 Å². The third-order valence-corrected chi connectivity index (χ3v) is 5.18. The zero-order chi connectivity index (χ0) is 16.4. The molecule has 1 amide bonds. The van der Waals surface area contributed by atoms with E-state index in [1.54, 1.807) is 11.3 Å². The number of hydrogen-bond acceptors (Lipinski definition) is 4. The van der Waals surface area contributed by atoms with Crippen molar-refractivity contribution in [2.24, 2.45) is 0 Å². The van der Waals surface area contributed by atoms with Gasteiger partial charge in [-0.2, -0.15) is 0 Å². The Morgan fingerprint density at radius 2 is 1.83 bits per heavy atom. The van der Waals surface area contributed by atoms with Crippen LogP contribution in [0.15, 0.2) is 53.4 Å². The van der Waals surface area contributed by atoms with Crippen LogP contribution in [0.5, 0.6) is 0 Å². The van der Waals surface area contributed by atoms with E-state index < -0.39 is 0 Å². The van der Waals surface area contributed by atoms with Crippen molar-refractivity contribution in [3.63, 3.8) is 0 Å². The fourth-order valence-electron chi connectivity index (χ4n) is 3.24. The van der Waals surface area contributed by atoms with E-state index >= 15 is 0 Å². The number of rotatable bonds is 3. The van der Waals surface area contributed by atoms with Crippen LogP contribution in [0.2, 0.25) is 0 Å². The van der Waals surface area contributed by atoms with Crippen LogP contribution in [0.1, 0.15) is 16.1 Å². The average Bonchev–Trinajstić information content (AvgIpc) is 3.14. The molecule has 4 nitrogen and oxygen atoms in total. The predicted molar refractivity (Wildman–Crippen MR) is 97.2 cm³/mol. The number of piperazine rings is 1. The molecular formula is C19H19N3OS. The molecule has 0 radical (unpaired) electrons. The number of amides is 1. The third-order valence-electron chi connectivity index (χ3n) is 4.55. The van der Waals surface area contributed by atoms with E-state index in [1.165, 1.54) is 0 Å². The second kappa shape index (κ2) is 6.71. The predicted octanol–water partition coefficient (Wildman–Crippen LogP) is 3.25. The molecule has 0 saturated carbocycles. The van der Waals surface area contributed by atoms with Crippen LogP contribution in [0.3, 0.4) is 0 Å². The van der Waals surface area contributed by atoms with Gasteiger partial charge in [-0.1, -0.05) is 36.4 Å². The molecule has 1 aliphatic heterocycles. The van der Waals surface area contributed by atoms with Crippen molar-refractivity contribution in [2.45, 2.75) is 6.54 Å². The average molecular weight is 337 g/mol.